The summed E-state index contributed by atoms with van der Waals surface area (Å²) in [4.78, 5) is 2.41. The second kappa shape index (κ2) is 10.5. The van der Waals surface area contributed by atoms with E-state index in [2.05, 4.69) is 0 Å². The van der Waals surface area contributed by atoms with Crippen molar-refractivity contribution in [2.75, 3.05) is 31.1 Å². The molecule has 1 aromatic rings. The first-order valence-corrected chi connectivity index (χ1v) is 13.9. The molecule has 0 amide bonds. The van der Waals surface area contributed by atoms with E-state index in [9.17, 15) is 39.9 Å². The second-order valence-electron chi connectivity index (χ2n) is 9.09. The van der Waals surface area contributed by atoms with Gasteiger partial charge in [0.2, 0.25) is 10.0 Å². The highest BCUT2D eigenvalue weighted by atomic mass is 32.2. The van der Waals surface area contributed by atoms with Gasteiger partial charge in [-0.2, -0.15) is 30.6 Å². The summed E-state index contributed by atoms with van der Waals surface area (Å²) in [6.45, 7) is 0.225. The maximum absolute atomic E-state index is 13.6. The number of thiocarbonyl (C=S) groups is 2. The van der Waals surface area contributed by atoms with Gasteiger partial charge in [-0.3, -0.25) is 0 Å². The van der Waals surface area contributed by atoms with E-state index in [4.69, 9.17) is 24.4 Å². The summed E-state index contributed by atoms with van der Waals surface area (Å²) in [6.07, 6.45) is -1.97. The molecule has 0 radical (unpaired) electrons. The first-order chi connectivity index (χ1) is 18.1. The van der Waals surface area contributed by atoms with Gasteiger partial charge in [0.05, 0.1) is 4.91 Å². The number of hydrogen-bond acceptors (Lipinski definition) is 6. The van der Waals surface area contributed by atoms with Gasteiger partial charge in [0.25, 0.3) is 5.60 Å². The number of benzene rings is 1. The summed E-state index contributed by atoms with van der Waals surface area (Å²) in [5.74, 6) is 0. The van der Waals surface area contributed by atoms with Crippen LogP contribution >= 0.6 is 24.4 Å². The Morgan fingerprint density at radius 3 is 2.10 bits per heavy atom. The average molecular weight is 609 g/mol. The second-order valence-corrected chi connectivity index (χ2v) is 12.0. The standard InChI is InChI=1S/C25H22F6N2O3S3/c26-24(27,28)23(34,25(29,30)31)17-8-9-20(19(15-17)16-4-3-5-18(37)14-16)32-10-12-33(13-11-32)39(35,36)22-7-2-1-6-21(22)38/h1-4,7-9,14-15,34H,5-6,10-13H2. The Kier molecular flexibility index (Phi) is 8.00. The van der Waals surface area contributed by atoms with Crippen molar-refractivity contribution in [1.82, 2.24) is 4.31 Å². The van der Waals surface area contributed by atoms with Gasteiger partial charge in [-0.1, -0.05) is 54.8 Å². The first-order valence-electron chi connectivity index (χ1n) is 11.6. The summed E-state index contributed by atoms with van der Waals surface area (Å²) < 4.78 is 109. The van der Waals surface area contributed by atoms with Crippen LogP contribution in [0.3, 0.4) is 0 Å². The molecular formula is C25H22F6N2O3S3. The van der Waals surface area contributed by atoms with E-state index in [-0.39, 0.29) is 52.8 Å². The Labute approximate surface area is 231 Å². The lowest BCUT2D eigenvalue weighted by atomic mass is 9.87. The molecule has 0 bridgehead atoms. The van der Waals surface area contributed by atoms with E-state index in [1.54, 1.807) is 23.1 Å². The zero-order chi connectivity index (χ0) is 28.8. The molecule has 39 heavy (non-hydrogen) atoms. The van der Waals surface area contributed by atoms with Crippen LogP contribution in [0.5, 0.6) is 0 Å². The van der Waals surface area contributed by atoms with Crippen molar-refractivity contribution in [2.24, 2.45) is 0 Å². The van der Waals surface area contributed by atoms with Gasteiger partial charge >= 0.3 is 12.4 Å². The maximum atomic E-state index is 13.6. The smallest absolute Gasteiger partial charge is 0.369 e. The molecule has 1 saturated heterocycles. The van der Waals surface area contributed by atoms with Crippen molar-refractivity contribution in [1.29, 1.82) is 0 Å². The van der Waals surface area contributed by atoms with Crippen molar-refractivity contribution in [2.45, 2.75) is 30.8 Å². The molecule has 5 nitrogen and oxygen atoms in total. The highest BCUT2D eigenvalue weighted by Crippen LogP contribution is 2.51. The first kappa shape index (κ1) is 29.6. The lowest BCUT2D eigenvalue weighted by Gasteiger charge is -2.38. The molecule has 4 rings (SSSR count). The van der Waals surface area contributed by atoms with Gasteiger partial charge in [-0.15, -0.1) is 0 Å². The van der Waals surface area contributed by atoms with Crippen LogP contribution in [0.4, 0.5) is 32.0 Å². The van der Waals surface area contributed by atoms with Crippen LogP contribution in [0.15, 0.2) is 59.6 Å². The van der Waals surface area contributed by atoms with Crippen molar-refractivity contribution in [3.63, 3.8) is 0 Å². The van der Waals surface area contributed by atoms with Crippen molar-refractivity contribution in [3.8, 4) is 0 Å². The SMILES string of the molecule is O=S(=O)(C1=CC=CCC1=S)N1CCN(c2ccc(C(O)(C(F)(F)F)C(F)(F)F)cc2C2=CC(=S)CC=C2)CC1. The Hall–Kier alpha value is -2.39. The average Bonchev–Trinajstić information content (AvgIpc) is 2.87. The molecule has 1 fully saturated rings. The van der Waals surface area contributed by atoms with Crippen molar-refractivity contribution in [3.05, 3.63) is 70.7 Å². The third kappa shape index (κ3) is 5.49. The van der Waals surface area contributed by atoms with Gasteiger partial charge in [-0.25, -0.2) is 8.42 Å². The van der Waals surface area contributed by atoms with E-state index in [1.807, 2.05) is 0 Å². The number of anilines is 1. The van der Waals surface area contributed by atoms with Crippen LogP contribution < -0.4 is 4.90 Å². The number of alkyl halides is 6. The van der Waals surface area contributed by atoms with E-state index in [0.29, 0.717) is 29.8 Å². The van der Waals surface area contributed by atoms with Gasteiger partial charge in [0.15, 0.2) is 0 Å². The molecule has 0 spiro atoms. The third-order valence-corrected chi connectivity index (χ3v) is 9.42. The third-order valence-electron chi connectivity index (χ3n) is 6.64. The van der Waals surface area contributed by atoms with E-state index in [1.165, 1.54) is 22.5 Å². The number of rotatable bonds is 5. The monoisotopic (exact) mass is 608 g/mol. The molecule has 1 heterocycles. The molecule has 14 heteroatoms. The Balaban J connectivity index is 1.72. The quantitative estimate of drug-likeness (QED) is 0.358. The Bertz CT molecular complexity index is 1400. The molecule has 210 valence electrons. The number of halogens is 6. The predicted octanol–water partition coefficient (Wildman–Crippen LogP) is 5.38. The summed E-state index contributed by atoms with van der Waals surface area (Å²) >= 11 is 10.4. The summed E-state index contributed by atoms with van der Waals surface area (Å²) in [5, 5.41) is 9.98. The number of allylic oxidation sites excluding steroid dienone is 8. The predicted molar refractivity (Wildman–Crippen MR) is 144 cm³/mol. The van der Waals surface area contributed by atoms with Crippen LogP contribution in [0.2, 0.25) is 0 Å². The van der Waals surface area contributed by atoms with Crippen molar-refractivity contribution >= 4 is 55.4 Å². The zero-order valence-electron chi connectivity index (χ0n) is 20.1. The number of piperazine rings is 1. The fraction of sp³-hybridized carbons (Fsp3) is 0.360. The molecule has 0 aromatic heterocycles. The lowest BCUT2D eigenvalue weighted by molar-refractivity contribution is -0.376. The van der Waals surface area contributed by atoms with Crippen LogP contribution in [-0.2, 0) is 15.6 Å². The topological polar surface area (TPSA) is 60.9 Å². The minimum Gasteiger partial charge on any atom is -0.369 e. The number of hydrogen-bond donors (Lipinski definition) is 1. The number of nitrogens with zero attached hydrogens (tertiary/aromatic N) is 2. The van der Waals surface area contributed by atoms with Crippen LogP contribution in [0.1, 0.15) is 24.0 Å². The van der Waals surface area contributed by atoms with Gasteiger partial charge in [-0.05, 0) is 29.9 Å². The van der Waals surface area contributed by atoms with Crippen LogP contribution in [0, 0.1) is 0 Å². The summed E-state index contributed by atoms with van der Waals surface area (Å²) in [7, 11) is -3.88. The van der Waals surface area contributed by atoms with Crippen LogP contribution in [-0.4, -0.2) is 66.1 Å². The highest BCUT2D eigenvalue weighted by molar-refractivity contribution is 7.96. The van der Waals surface area contributed by atoms with Gasteiger partial charge in [0.1, 0.15) is 0 Å². The molecule has 0 atom stereocenters. The summed E-state index contributed by atoms with van der Waals surface area (Å²) in [6, 6.07) is 2.33. The van der Waals surface area contributed by atoms with Crippen LogP contribution in [0.25, 0.3) is 5.57 Å². The summed E-state index contributed by atoms with van der Waals surface area (Å²) in [5.41, 5.74) is -5.94. The molecule has 0 unspecified atom stereocenters. The molecule has 1 N–H and O–H groups in total. The minimum atomic E-state index is -6.04. The zero-order valence-corrected chi connectivity index (χ0v) is 22.5. The lowest BCUT2D eigenvalue weighted by Crippen LogP contribution is -2.54. The fourth-order valence-electron chi connectivity index (χ4n) is 4.57. The van der Waals surface area contributed by atoms with Gasteiger partial charge < -0.3 is 10.0 Å². The van der Waals surface area contributed by atoms with E-state index in [0.717, 1.165) is 6.07 Å². The van der Waals surface area contributed by atoms with Gasteiger partial charge in [0, 0.05) is 65.6 Å². The van der Waals surface area contributed by atoms with E-state index >= 15 is 0 Å². The van der Waals surface area contributed by atoms with Crippen molar-refractivity contribution < 1.29 is 39.9 Å². The number of sulfonamides is 1. The Morgan fingerprint density at radius 1 is 0.897 bits per heavy atom. The molecule has 0 saturated carbocycles. The molecule has 1 aliphatic heterocycles. The molecule has 2 aliphatic carbocycles. The fourth-order valence-corrected chi connectivity index (χ4v) is 6.82. The molecule has 1 aromatic carbocycles. The van der Waals surface area contributed by atoms with E-state index < -0.39 is 33.5 Å². The molecule has 3 aliphatic rings. The minimum absolute atomic E-state index is 0.00432. The largest absolute Gasteiger partial charge is 0.430 e. The Morgan fingerprint density at radius 2 is 1.54 bits per heavy atom. The number of aliphatic hydroxyl groups is 1. The normalized spacial score (nSPS) is 19.8. The maximum Gasteiger partial charge on any atom is 0.430 e. The highest BCUT2D eigenvalue weighted by Gasteiger charge is 2.71. The molecular weight excluding hydrogens is 586 g/mol.